The van der Waals surface area contributed by atoms with Gasteiger partial charge in [-0.3, -0.25) is 4.79 Å². The van der Waals surface area contributed by atoms with Gasteiger partial charge in [0, 0.05) is 23.4 Å². The van der Waals surface area contributed by atoms with Crippen molar-refractivity contribution in [2.24, 2.45) is 0 Å². The maximum atomic E-state index is 12.2. The summed E-state index contributed by atoms with van der Waals surface area (Å²) in [5.74, 6) is 0.976. The van der Waals surface area contributed by atoms with Crippen LogP contribution in [0.5, 0.6) is 5.75 Å². The van der Waals surface area contributed by atoms with Gasteiger partial charge in [0.1, 0.15) is 5.75 Å². The Kier molecular flexibility index (Phi) is 4.34. The lowest BCUT2D eigenvalue weighted by atomic mass is 10.1. The molecular formula is C17H19NO2S. The van der Waals surface area contributed by atoms with Gasteiger partial charge in [-0.15, -0.1) is 11.8 Å². The van der Waals surface area contributed by atoms with E-state index in [0.717, 1.165) is 41.6 Å². The summed E-state index contributed by atoms with van der Waals surface area (Å²) in [6, 6.07) is 11.4. The fourth-order valence-corrected chi connectivity index (χ4v) is 3.71. The van der Waals surface area contributed by atoms with Crippen molar-refractivity contribution >= 4 is 28.4 Å². The van der Waals surface area contributed by atoms with Gasteiger partial charge < -0.3 is 10.0 Å². The topological polar surface area (TPSA) is 40.5 Å². The number of piperidine rings is 1. The number of aromatic hydroxyl groups is 1. The number of phenolic OH excluding ortho intramolecular Hbond substituents is 1. The molecule has 0 unspecified atom stereocenters. The molecule has 0 radical (unpaired) electrons. The number of phenols is 1. The van der Waals surface area contributed by atoms with Crippen LogP contribution < -0.4 is 0 Å². The van der Waals surface area contributed by atoms with Crippen molar-refractivity contribution in [3.63, 3.8) is 0 Å². The van der Waals surface area contributed by atoms with Crippen LogP contribution in [0.15, 0.2) is 41.3 Å². The minimum absolute atomic E-state index is 0.219. The standard InChI is InChI=1S/C17H19NO2S/c19-15-8-9-16(14-7-3-2-6-13(14)15)21-12-17(20)18-10-4-1-5-11-18/h2-3,6-9,19H,1,4-5,10-12H2. The van der Waals surface area contributed by atoms with Gasteiger partial charge in [0.25, 0.3) is 0 Å². The minimum Gasteiger partial charge on any atom is -0.507 e. The predicted octanol–water partition coefficient (Wildman–Crippen LogP) is 3.65. The van der Waals surface area contributed by atoms with Gasteiger partial charge >= 0.3 is 0 Å². The zero-order valence-electron chi connectivity index (χ0n) is 11.9. The Bertz CT molecular complexity index is 650. The summed E-state index contributed by atoms with van der Waals surface area (Å²) < 4.78 is 0. The number of hydrogen-bond donors (Lipinski definition) is 1. The highest BCUT2D eigenvalue weighted by Gasteiger charge is 2.17. The van der Waals surface area contributed by atoms with Crippen LogP contribution in [0.1, 0.15) is 19.3 Å². The second-order valence-corrected chi connectivity index (χ2v) is 6.38. The monoisotopic (exact) mass is 301 g/mol. The van der Waals surface area contributed by atoms with Crippen LogP contribution in [0, 0.1) is 0 Å². The van der Waals surface area contributed by atoms with E-state index in [4.69, 9.17) is 0 Å². The van der Waals surface area contributed by atoms with E-state index in [1.54, 1.807) is 17.8 Å². The number of nitrogens with zero attached hydrogens (tertiary/aromatic N) is 1. The maximum absolute atomic E-state index is 12.2. The molecule has 1 amide bonds. The first-order valence-electron chi connectivity index (χ1n) is 7.37. The Morgan fingerprint density at radius 1 is 1.05 bits per heavy atom. The second kappa shape index (κ2) is 6.39. The van der Waals surface area contributed by atoms with Crippen LogP contribution in [0.25, 0.3) is 10.8 Å². The molecule has 2 aromatic rings. The van der Waals surface area contributed by atoms with Crippen molar-refractivity contribution in [1.29, 1.82) is 0 Å². The highest BCUT2D eigenvalue weighted by atomic mass is 32.2. The van der Waals surface area contributed by atoms with E-state index in [1.165, 1.54) is 6.42 Å². The van der Waals surface area contributed by atoms with Gasteiger partial charge in [0.2, 0.25) is 5.91 Å². The molecule has 1 aliphatic rings. The molecule has 1 saturated heterocycles. The van der Waals surface area contributed by atoms with Crippen molar-refractivity contribution in [3.05, 3.63) is 36.4 Å². The maximum Gasteiger partial charge on any atom is 0.232 e. The molecule has 110 valence electrons. The van der Waals surface area contributed by atoms with Crippen LogP contribution in [-0.2, 0) is 4.79 Å². The molecule has 0 saturated carbocycles. The Morgan fingerprint density at radius 2 is 1.76 bits per heavy atom. The summed E-state index contributed by atoms with van der Waals surface area (Å²) in [4.78, 5) is 15.3. The molecule has 2 aromatic carbocycles. The number of benzene rings is 2. The van der Waals surface area contributed by atoms with Gasteiger partial charge in [-0.25, -0.2) is 0 Å². The first-order valence-corrected chi connectivity index (χ1v) is 8.35. The number of carbonyl (C=O) groups excluding carboxylic acids is 1. The molecule has 0 atom stereocenters. The number of likely N-dealkylation sites (tertiary alicyclic amines) is 1. The summed E-state index contributed by atoms with van der Waals surface area (Å²) in [5.41, 5.74) is 0. The molecule has 1 heterocycles. The van der Waals surface area contributed by atoms with Crippen molar-refractivity contribution in [2.75, 3.05) is 18.8 Å². The van der Waals surface area contributed by atoms with Crippen LogP contribution >= 0.6 is 11.8 Å². The molecule has 0 aromatic heterocycles. The Morgan fingerprint density at radius 3 is 2.52 bits per heavy atom. The summed E-state index contributed by atoms with van der Waals surface area (Å²) in [5, 5.41) is 11.7. The molecule has 21 heavy (non-hydrogen) atoms. The molecule has 0 aliphatic carbocycles. The van der Waals surface area contributed by atoms with Crippen LogP contribution in [-0.4, -0.2) is 34.8 Å². The summed E-state index contributed by atoms with van der Waals surface area (Å²) >= 11 is 1.56. The van der Waals surface area contributed by atoms with Gasteiger partial charge in [-0.1, -0.05) is 24.3 Å². The normalized spacial score (nSPS) is 15.3. The van der Waals surface area contributed by atoms with Crippen LogP contribution in [0.2, 0.25) is 0 Å². The third kappa shape index (κ3) is 3.16. The third-order valence-corrected chi connectivity index (χ3v) is 4.98. The van der Waals surface area contributed by atoms with E-state index in [2.05, 4.69) is 0 Å². The van der Waals surface area contributed by atoms with Gasteiger partial charge in [-0.05, 0) is 36.8 Å². The van der Waals surface area contributed by atoms with Crippen LogP contribution in [0.4, 0.5) is 0 Å². The Balaban J connectivity index is 1.73. The van der Waals surface area contributed by atoms with Gasteiger partial charge in [0.05, 0.1) is 5.75 Å². The van der Waals surface area contributed by atoms with Crippen molar-refractivity contribution in [2.45, 2.75) is 24.2 Å². The number of hydrogen-bond acceptors (Lipinski definition) is 3. The van der Waals surface area contributed by atoms with E-state index in [9.17, 15) is 9.90 Å². The molecule has 0 spiro atoms. The van der Waals surface area contributed by atoms with Crippen LogP contribution in [0.3, 0.4) is 0 Å². The first kappa shape index (κ1) is 14.3. The Labute approximate surface area is 129 Å². The zero-order valence-corrected chi connectivity index (χ0v) is 12.7. The zero-order chi connectivity index (χ0) is 14.7. The molecule has 1 N–H and O–H groups in total. The lowest BCUT2D eigenvalue weighted by Gasteiger charge is -2.26. The van der Waals surface area contributed by atoms with E-state index in [-0.39, 0.29) is 11.7 Å². The van der Waals surface area contributed by atoms with E-state index in [0.29, 0.717) is 5.75 Å². The molecule has 1 fully saturated rings. The quantitative estimate of drug-likeness (QED) is 0.880. The second-order valence-electron chi connectivity index (χ2n) is 5.36. The summed E-state index contributed by atoms with van der Waals surface area (Å²) in [6.45, 7) is 1.80. The number of carbonyl (C=O) groups is 1. The smallest absolute Gasteiger partial charge is 0.232 e. The highest BCUT2D eigenvalue weighted by Crippen LogP contribution is 2.33. The molecule has 0 bridgehead atoms. The van der Waals surface area contributed by atoms with E-state index in [1.807, 2.05) is 35.2 Å². The number of thioether (sulfide) groups is 1. The van der Waals surface area contributed by atoms with Gasteiger partial charge in [0.15, 0.2) is 0 Å². The average molecular weight is 301 g/mol. The number of rotatable bonds is 3. The lowest BCUT2D eigenvalue weighted by molar-refractivity contribution is -0.129. The fourth-order valence-electron chi connectivity index (χ4n) is 2.76. The molecule has 1 aliphatic heterocycles. The minimum atomic E-state index is 0.219. The SMILES string of the molecule is O=C(CSc1ccc(O)c2ccccc12)N1CCCCC1. The molecule has 4 heteroatoms. The largest absolute Gasteiger partial charge is 0.507 e. The fraction of sp³-hybridized carbons (Fsp3) is 0.353. The van der Waals surface area contributed by atoms with Crippen molar-refractivity contribution < 1.29 is 9.90 Å². The lowest BCUT2D eigenvalue weighted by Crippen LogP contribution is -2.36. The third-order valence-electron chi connectivity index (χ3n) is 3.92. The number of fused-ring (bicyclic) bond motifs is 1. The van der Waals surface area contributed by atoms with Crippen molar-refractivity contribution in [3.8, 4) is 5.75 Å². The van der Waals surface area contributed by atoms with E-state index < -0.39 is 0 Å². The van der Waals surface area contributed by atoms with Gasteiger partial charge in [-0.2, -0.15) is 0 Å². The predicted molar refractivity (Wildman–Crippen MR) is 86.8 cm³/mol. The summed E-state index contributed by atoms with van der Waals surface area (Å²) in [7, 11) is 0. The highest BCUT2D eigenvalue weighted by molar-refractivity contribution is 8.00. The Hall–Kier alpha value is -1.68. The van der Waals surface area contributed by atoms with E-state index >= 15 is 0 Å². The number of amides is 1. The molecule has 3 nitrogen and oxygen atoms in total. The first-order chi connectivity index (χ1) is 10.3. The van der Waals surface area contributed by atoms with Crippen molar-refractivity contribution in [1.82, 2.24) is 4.90 Å². The molecular weight excluding hydrogens is 282 g/mol. The summed E-state index contributed by atoms with van der Waals surface area (Å²) in [6.07, 6.45) is 3.48. The average Bonchev–Trinajstić information content (AvgIpc) is 2.55. The molecule has 3 rings (SSSR count).